The number of likely N-dealkylation sites (tertiary alicyclic amines) is 1. The zero-order valence-electron chi connectivity index (χ0n) is 8.82. The minimum absolute atomic E-state index is 0.312. The fourth-order valence-electron chi connectivity index (χ4n) is 2.56. The number of aliphatic hydroxyl groups excluding tert-OH is 1. The van der Waals surface area contributed by atoms with Gasteiger partial charge in [-0.15, -0.1) is 0 Å². The van der Waals surface area contributed by atoms with Gasteiger partial charge < -0.3 is 9.84 Å². The highest BCUT2D eigenvalue weighted by atomic mass is 16.5. The molecule has 0 amide bonds. The minimum atomic E-state index is 0.312. The predicted molar refractivity (Wildman–Crippen MR) is 55.3 cm³/mol. The van der Waals surface area contributed by atoms with Crippen LogP contribution in [0.15, 0.2) is 0 Å². The maximum Gasteiger partial charge on any atom is 0.0702 e. The molecule has 2 rings (SSSR count). The molecule has 0 aromatic heterocycles. The maximum atomic E-state index is 9.18. The lowest BCUT2D eigenvalue weighted by atomic mass is 10.1. The Bertz CT molecular complexity index is 169. The first-order valence-corrected chi connectivity index (χ1v) is 5.86. The summed E-state index contributed by atoms with van der Waals surface area (Å²) in [5, 5.41) is 9.18. The van der Waals surface area contributed by atoms with Gasteiger partial charge >= 0.3 is 0 Å². The largest absolute Gasteiger partial charge is 0.395 e. The summed E-state index contributed by atoms with van der Waals surface area (Å²) in [6.45, 7) is 3.42. The van der Waals surface area contributed by atoms with E-state index in [0.717, 1.165) is 26.1 Å². The Hall–Kier alpha value is -0.120. The van der Waals surface area contributed by atoms with E-state index in [0.29, 0.717) is 18.8 Å². The highest BCUT2D eigenvalue weighted by Crippen LogP contribution is 2.20. The number of hydrogen-bond donors (Lipinski definition) is 1. The summed E-state index contributed by atoms with van der Waals surface area (Å²) in [7, 11) is 0. The SMILES string of the molecule is OC[C@H]1CCCN1CC1CCCCO1. The lowest BCUT2D eigenvalue weighted by Crippen LogP contribution is -2.40. The van der Waals surface area contributed by atoms with E-state index < -0.39 is 0 Å². The Kier molecular flexibility index (Phi) is 3.79. The Labute approximate surface area is 86.0 Å². The van der Waals surface area contributed by atoms with Gasteiger partial charge in [0.1, 0.15) is 0 Å². The summed E-state index contributed by atoms with van der Waals surface area (Å²) < 4.78 is 5.71. The van der Waals surface area contributed by atoms with Crippen molar-refractivity contribution in [3.63, 3.8) is 0 Å². The number of ether oxygens (including phenoxy) is 1. The molecule has 1 N–H and O–H groups in total. The van der Waals surface area contributed by atoms with Crippen molar-refractivity contribution in [1.29, 1.82) is 0 Å². The molecule has 2 heterocycles. The molecule has 3 nitrogen and oxygen atoms in total. The molecule has 0 bridgehead atoms. The smallest absolute Gasteiger partial charge is 0.0702 e. The summed E-state index contributed by atoms with van der Waals surface area (Å²) >= 11 is 0. The van der Waals surface area contributed by atoms with E-state index in [1.807, 2.05) is 0 Å². The van der Waals surface area contributed by atoms with Crippen molar-refractivity contribution in [3.8, 4) is 0 Å². The van der Waals surface area contributed by atoms with Gasteiger partial charge in [0.15, 0.2) is 0 Å². The van der Waals surface area contributed by atoms with Gasteiger partial charge in [0.25, 0.3) is 0 Å². The molecule has 14 heavy (non-hydrogen) atoms. The monoisotopic (exact) mass is 199 g/mol. The Balaban J connectivity index is 1.77. The van der Waals surface area contributed by atoms with Gasteiger partial charge in [0, 0.05) is 19.2 Å². The Morgan fingerprint density at radius 1 is 1.21 bits per heavy atom. The van der Waals surface area contributed by atoms with Gasteiger partial charge in [0.2, 0.25) is 0 Å². The first-order valence-electron chi connectivity index (χ1n) is 5.86. The first-order chi connectivity index (χ1) is 6.90. The summed E-state index contributed by atoms with van der Waals surface area (Å²) in [6, 6.07) is 0.403. The lowest BCUT2D eigenvalue weighted by Gasteiger charge is -2.30. The third-order valence-electron chi connectivity index (χ3n) is 3.42. The highest BCUT2D eigenvalue weighted by Gasteiger charge is 2.26. The van der Waals surface area contributed by atoms with Gasteiger partial charge in [-0.05, 0) is 38.6 Å². The Morgan fingerprint density at radius 2 is 2.14 bits per heavy atom. The van der Waals surface area contributed by atoms with Crippen LogP contribution in [0.4, 0.5) is 0 Å². The van der Waals surface area contributed by atoms with Gasteiger partial charge in [-0.25, -0.2) is 0 Å². The number of rotatable bonds is 3. The molecule has 1 unspecified atom stereocenters. The third-order valence-corrected chi connectivity index (χ3v) is 3.42. The normalized spacial score (nSPS) is 34.9. The molecule has 0 spiro atoms. The maximum absolute atomic E-state index is 9.18. The molecule has 82 valence electrons. The molecule has 2 aliphatic rings. The van der Waals surface area contributed by atoms with Crippen molar-refractivity contribution in [2.75, 3.05) is 26.3 Å². The van der Waals surface area contributed by atoms with E-state index in [9.17, 15) is 5.11 Å². The fourth-order valence-corrected chi connectivity index (χ4v) is 2.56. The zero-order valence-corrected chi connectivity index (χ0v) is 8.82. The molecular formula is C11H21NO2. The van der Waals surface area contributed by atoms with E-state index in [1.165, 1.54) is 25.7 Å². The lowest BCUT2D eigenvalue weighted by molar-refractivity contribution is -0.0116. The first kappa shape index (κ1) is 10.4. The quantitative estimate of drug-likeness (QED) is 0.736. The van der Waals surface area contributed by atoms with Gasteiger partial charge in [-0.3, -0.25) is 4.90 Å². The van der Waals surface area contributed by atoms with E-state index in [2.05, 4.69) is 4.90 Å². The van der Waals surface area contributed by atoms with Crippen LogP contribution in [0.1, 0.15) is 32.1 Å². The van der Waals surface area contributed by atoms with Crippen LogP contribution >= 0.6 is 0 Å². The van der Waals surface area contributed by atoms with E-state index in [4.69, 9.17) is 4.74 Å². The second kappa shape index (κ2) is 5.10. The second-order valence-electron chi connectivity index (χ2n) is 4.46. The topological polar surface area (TPSA) is 32.7 Å². The molecular weight excluding hydrogens is 178 g/mol. The minimum Gasteiger partial charge on any atom is -0.395 e. The van der Waals surface area contributed by atoms with E-state index >= 15 is 0 Å². The average molecular weight is 199 g/mol. The third kappa shape index (κ3) is 2.47. The fraction of sp³-hybridized carbons (Fsp3) is 1.00. The standard InChI is InChI=1S/C11H21NO2/c13-9-10-4-3-6-12(10)8-11-5-1-2-7-14-11/h10-11,13H,1-9H2/t10-,11?/m1/s1. The molecule has 3 heteroatoms. The van der Waals surface area contributed by atoms with Crippen molar-refractivity contribution in [3.05, 3.63) is 0 Å². The van der Waals surface area contributed by atoms with Crippen LogP contribution in [0.25, 0.3) is 0 Å². The van der Waals surface area contributed by atoms with Crippen LogP contribution in [0.2, 0.25) is 0 Å². The zero-order chi connectivity index (χ0) is 9.80. The van der Waals surface area contributed by atoms with Crippen molar-refractivity contribution < 1.29 is 9.84 Å². The molecule has 2 atom stereocenters. The highest BCUT2D eigenvalue weighted by molar-refractivity contribution is 4.81. The molecule has 0 aromatic rings. The number of nitrogens with zero attached hydrogens (tertiary/aromatic N) is 1. The van der Waals surface area contributed by atoms with Gasteiger partial charge in [0.05, 0.1) is 12.7 Å². The van der Waals surface area contributed by atoms with Crippen LogP contribution in [-0.2, 0) is 4.74 Å². The van der Waals surface area contributed by atoms with Crippen molar-refractivity contribution in [2.24, 2.45) is 0 Å². The predicted octanol–water partition coefficient (Wildman–Crippen LogP) is 1.01. The summed E-state index contributed by atoms with van der Waals surface area (Å²) in [4.78, 5) is 2.40. The average Bonchev–Trinajstić information content (AvgIpc) is 2.67. The summed E-state index contributed by atoms with van der Waals surface area (Å²) in [6.07, 6.45) is 6.55. The van der Waals surface area contributed by atoms with Crippen LogP contribution in [0, 0.1) is 0 Å². The van der Waals surface area contributed by atoms with Gasteiger partial charge in [-0.2, -0.15) is 0 Å². The van der Waals surface area contributed by atoms with Gasteiger partial charge in [-0.1, -0.05) is 0 Å². The van der Waals surface area contributed by atoms with Crippen LogP contribution in [0.5, 0.6) is 0 Å². The van der Waals surface area contributed by atoms with Crippen LogP contribution in [0.3, 0.4) is 0 Å². The van der Waals surface area contributed by atoms with Crippen molar-refractivity contribution >= 4 is 0 Å². The van der Waals surface area contributed by atoms with E-state index in [-0.39, 0.29) is 0 Å². The van der Waals surface area contributed by atoms with Crippen molar-refractivity contribution in [1.82, 2.24) is 4.90 Å². The van der Waals surface area contributed by atoms with E-state index in [1.54, 1.807) is 0 Å². The Morgan fingerprint density at radius 3 is 2.86 bits per heavy atom. The summed E-state index contributed by atoms with van der Waals surface area (Å²) in [5.41, 5.74) is 0. The number of hydrogen-bond acceptors (Lipinski definition) is 3. The second-order valence-corrected chi connectivity index (χ2v) is 4.46. The molecule has 2 aliphatic heterocycles. The number of aliphatic hydroxyl groups is 1. The summed E-state index contributed by atoms with van der Waals surface area (Å²) in [5.74, 6) is 0. The molecule has 0 aromatic carbocycles. The molecule has 2 saturated heterocycles. The molecule has 0 radical (unpaired) electrons. The van der Waals surface area contributed by atoms with Crippen molar-refractivity contribution in [2.45, 2.75) is 44.2 Å². The van der Waals surface area contributed by atoms with Crippen LogP contribution in [-0.4, -0.2) is 48.5 Å². The van der Waals surface area contributed by atoms with Crippen LogP contribution < -0.4 is 0 Å². The molecule has 0 aliphatic carbocycles. The molecule has 0 saturated carbocycles. The molecule has 2 fully saturated rings.